The van der Waals surface area contributed by atoms with Crippen molar-refractivity contribution in [2.75, 3.05) is 39.3 Å². The normalized spacial score (nSPS) is 20.5. The molecule has 1 heterocycles. The molecule has 0 amide bonds. The van der Waals surface area contributed by atoms with Crippen LogP contribution in [-0.4, -0.2) is 61.2 Å². The van der Waals surface area contributed by atoms with E-state index in [0.717, 1.165) is 6.54 Å². The molecule has 1 fully saturated rings. The molecule has 1 N–H and O–H groups in total. The molecule has 1 unspecified atom stereocenters. The molecule has 0 aliphatic carbocycles. The van der Waals surface area contributed by atoms with Crippen molar-refractivity contribution in [1.29, 1.82) is 0 Å². The lowest BCUT2D eigenvalue weighted by Gasteiger charge is -2.37. The minimum absolute atomic E-state index is 0.688. The molecule has 108 valence electrons. The van der Waals surface area contributed by atoms with Gasteiger partial charge in [0.25, 0.3) is 0 Å². The minimum Gasteiger partial charge on any atom is -0.315 e. The maximum Gasteiger partial charge on any atom is 0.0113 e. The van der Waals surface area contributed by atoms with E-state index in [0.29, 0.717) is 12.1 Å². The summed E-state index contributed by atoms with van der Waals surface area (Å²) >= 11 is 0. The second kappa shape index (κ2) is 8.89. The third kappa shape index (κ3) is 6.17. The quantitative estimate of drug-likeness (QED) is 0.671. The molecule has 18 heavy (non-hydrogen) atoms. The standard InChI is InChI=1S/C15H33N3/c1-5-16-15(4)8-6-7-9-17-10-12-18(13-11-17)14(2)3/h14-16H,5-13H2,1-4H3. The fourth-order valence-electron chi connectivity index (χ4n) is 2.74. The second-order valence-electron chi connectivity index (χ2n) is 5.93. The van der Waals surface area contributed by atoms with Crippen molar-refractivity contribution < 1.29 is 0 Å². The van der Waals surface area contributed by atoms with Crippen LogP contribution in [0.3, 0.4) is 0 Å². The number of unbranched alkanes of at least 4 members (excludes halogenated alkanes) is 1. The largest absolute Gasteiger partial charge is 0.315 e. The Labute approximate surface area is 114 Å². The topological polar surface area (TPSA) is 18.5 Å². The van der Waals surface area contributed by atoms with Crippen molar-refractivity contribution in [1.82, 2.24) is 15.1 Å². The molecule has 3 nitrogen and oxygen atoms in total. The van der Waals surface area contributed by atoms with Crippen LogP contribution in [0, 0.1) is 0 Å². The molecule has 0 aromatic heterocycles. The molecular weight excluding hydrogens is 222 g/mol. The van der Waals surface area contributed by atoms with E-state index in [-0.39, 0.29) is 0 Å². The van der Waals surface area contributed by atoms with E-state index in [1.165, 1.54) is 52.0 Å². The number of hydrogen-bond acceptors (Lipinski definition) is 3. The van der Waals surface area contributed by atoms with E-state index in [9.17, 15) is 0 Å². The predicted octanol–water partition coefficient (Wildman–Crippen LogP) is 2.18. The maximum atomic E-state index is 3.48. The molecule has 1 saturated heterocycles. The summed E-state index contributed by atoms with van der Waals surface area (Å²) in [6, 6.07) is 1.40. The van der Waals surface area contributed by atoms with Gasteiger partial charge in [-0.25, -0.2) is 0 Å². The zero-order chi connectivity index (χ0) is 13.4. The molecule has 0 aromatic carbocycles. The van der Waals surface area contributed by atoms with Crippen LogP contribution in [0.15, 0.2) is 0 Å². The Morgan fingerprint density at radius 2 is 1.67 bits per heavy atom. The Bertz CT molecular complexity index is 198. The van der Waals surface area contributed by atoms with Crippen LogP contribution < -0.4 is 5.32 Å². The molecule has 0 saturated carbocycles. The van der Waals surface area contributed by atoms with Crippen LogP contribution in [0.2, 0.25) is 0 Å². The van der Waals surface area contributed by atoms with Crippen molar-refractivity contribution in [2.45, 2.75) is 59.0 Å². The monoisotopic (exact) mass is 255 g/mol. The van der Waals surface area contributed by atoms with Gasteiger partial charge in [-0.3, -0.25) is 4.90 Å². The van der Waals surface area contributed by atoms with Crippen LogP contribution in [0.5, 0.6) is 0 Å². The summed E-state index contributed by atoms with van der Waals surface area (Å²) in [5.74, 6) is 0. The first-order valence-corrected chi connectivity index (χ1v) is 7.83. The number of hydrogen-bond donors (Lipinski definition) is 1. The number of rotatable bonds is 8. The first-order chi connectivity index (χ1) is 8.63. The maximum absolute atomic E-state index is 3.48. The van der Waals surface area contributed by atoms with Crippen molar-refractivity contribution in [2.24, 2.45) is 0 Å². The second-order valence-corrected chi connectivity index (χ2v) is 5.93. The summed E-state index contributed by atoms with van der Waals surface area (Å²) in [4.78, 5) is 5.22. The van der Waals surface area contributed by atoms with Crippen LogP contribution in [0.4, 0.5) is 0 Å². The summed E-state index contributed by atoms with van der Waals surface area (Å²) in [5, 5.41) is 3.48. The number of piperazine rings is 1. The van der Waals surface area contributed by atoms with E-state index in [4.69, 9.17) is 0 Å². The molecule has 1 aliphatic heterocycles. The lowest BCUT2D eigenvalue weighted by molar-refractivity contribution is 0.107. The van der Waals surface area contributed by atoms with E-state index in [1.807, 2.05) is 0 Å². The van der Waals surface area contributed by atoms with Gasteiger partial charge in [-0.05, 0) is 46.7 Å². The Morgan fingerprint density at radius 1 is 1.00 bits per heavy atom. The SMILES string of the molecule is CCNC(C)CCCCN1CCN(C(C)C)CC1. The van der Waals surface area contributed by atoms with Gasteiger partial charge < -0.3 is 10.2 Å². The highest BCUT2D eigenvalue weighted by Gasteiger charge is 2.17. The zero-order valence-electron chi connectivity index (χ0n) is 12.9. The van der Waals surface area contributed by atoms with Crippen LogP contribution in [0.1, 0.15) is 47.0 Å². The molecule has 0 aromatic rings. The Kier molecular flexibility index (Phi) is 7.87. The highest BCUT2D eigenvalue weighted by molar-refractivity contribution is 4.74. The summed E-state index contributed by atoms with van der Waals surface area (Å²) < 4.78 is 0. The Hall–Kier alpha value is -0.120. The molecule has 0 radical (unpaired) electrons. The van der Waals surface area contributed by atoms with Gasteiger partial charge in [0, 0.05) is 38.3 Å². The third-order valence-electron chi connectivity index (χ3n) is 4.05. The molecule has 1 aliphatic rings. The highest BCUT2D eigenvalue weighted by atomic mass is 15.3. The van der Waals surface area contributed by atoms with Gasteiger partial charge in [0.05, 0.1) is 0 Å². The van der Waals surface area contributed by atoms with E-state index < -0.39 is 0 Å². The molecule has 0 spiro atoms. The smallest absolute Gasteiger partial charge is 0.0113 e. The average Bonchev–Trinajstić information content (AvgIpc) is 2.35. The number of nitrogens with zero attached hydrogens (tertiary/aromatic N) is 2. The van der Waals surface area contributed by atoms with Crippen molar-refractivity contribution in [3.63, 3.8) is 0 Å². The predicted molar refractivity (Wildman–Crippen MR) is 80.1 cm³/mol. The van der Waals surface area contributed by atoms with Crippen molar-refractivity contribution in [3.05, 3.63) is 0 Å². The van der Waals surface area contributed by atoms with Crippen LogP contribution >= 0.6 is 0 Å². The fourth-order valence-corrected chi connectivity index (χ4v) is 2.74. The number of nitrogens with one attached hydrogen (secondary N) is 1. The van der Waals surface area contributed by atoms with Gasteiger partial charge in [-0.2, -0.15) is 0 Å². The summed E-state index contributed by atoms with van der Waals surface area (Å²) in [6.07, 6.45) is 4.04. The van der Waals surface area contributed by atoms with Gasteiger partial charge in [0.1, 0.15) is 0 Å². The van der Waals surface area contributed by atoms with Gasteiger partial charge in [0.15, 0.2) is 0 Å². The molecule has 3 heteroatoms. The minimum atomic E-state index is 0.688. The zero-order valence-corrected chi connectivity index (χ0v) is 12.9. The average molecular weight is 255 g/mol. The first-order valence-electron chi connectivity index (χ1n) is 7.83. The lowest BCUT2D eigenvalue weighted by atomic mass is 10.1. The summed E-state index contributed by atoms with van der Waals surface area (Å²) in [6.45, 7) is 16.5. The third-order valence-corrected chi connectivity index (χ3v) is 4.05. The van der Waals surface area contributed by atoms with E-state index in [2.05, 4.69) is 42.8 Å². The van der Waals surface area contributed by atoms with E-state index >= 15 is 0 Å². The fraction of sp³-hybridized carbons (Fsp3) is 1.00. The molecule has 1 rings (SSSR count). The molecule has 1 atom stereocenters. The molecule has 0 bridgehead atoms. The Morgan fingerprint density at radius 3 is 2.22 bits per heavy atom. The summed E-state index contributed by atoms with van der Waals surface area (Å²) in [5.41, 5.74) is 0. The summed E-state index contributed by atoms with van der Waals surface area (Å²) in [7, 11) is 0. The van der Waals surface area contributed by atoms with Gasteiger partial charge in [-0.15, -0.1) is 0 Å². The van der Waals surface area contributed by atoms with Crippen molar-refractivity contribution >= 4 is 0 Å². The van der Waals surface area contributed by atoms with Crippen molar-refractivity contribution in [3.8, 4) is 0 Å². The Balaban J connectivity index is 2.01. The van der Waals surface area contributed by atoms with Gasteiger partial charge in [0.2, 0.25) is 0 Å². The lowest BCUT2D eigenvalue weighted by Crippen LogP contribution is -2.48. The van der Waals surface area contributed by atoms with Crippen LogP contribution in [0.25, 0.3) is 0 Å². The van der Waals surface area contributed by atoms with Crippen LogP contribution in [-0.2, 0) is 0 Å². The van der Waals surface area contributed by atoms with Gasteiger partial charge in [-0.1, -0.05) is 13.3 Å². The highest BCUT2D eigenvalue weighted by Crippen LogP contribution is 2.08. The molecular formula is C15H33N3. The first kappa shape index (κ1) is 15.9. The van der Waals surface area contributed by atoms with E-state index in [1.54, 1.807) is 0 Å². The van der Waals surface area contributed by atoms with Gasteiger partial charge >= 0.3 is 0 Å².